The summed E-state index contributed by atoms with van der Waals surface area (Å²) in [5, 5.41) is 30.2. The van der Waals surface area contributed by atoms with Gasteiger partial charge in [0, 0.05) is 6.92 Å². The molecule has 1 saturated heterocycles. The first-order valence-corrected chi connectivity index (χ1v) is 4.41. The number of hydrogen-bond acceptors (Lipinski definition) is 6. The van der Waals surface area contributed by atoms with Crippen LogP contribution in [0.3, 0.4) is 0 Å². The SMILES string of the molecule is CC(=O)N[C@@H]1C(=O)OC[C@@H](O)[C@@H](O)[C@@H]1O. The molecule has 1 fully saturated rings. The highest BCUT2D eigenvalue weighted by Gasteiger charge is 2.40. The van der Waals surface area contributed by atoms with Crippen molar-refractivity contribution >= 4 is 11.9 Å². The summed E-state index contributed by atoms with van der Waals surface area (Å²) < 4.78 is 4.55. The maximum absolute atomic E-state index is 11.2. The van der Waals surface area contributed by atoms with Gasteiger partial charge in [-0.05, 0) is 0 Å². The van der Waals surface area contributed by atoms with E-state index in [4.69, 9.17) is 0 Å². The van der Waals surface area contributed by atoms with Gasteiger partial charge in [-0.1, -0.05) is 0 Å². The van der Waals surface area contributed by atoms with Crippen LogP contribution in [0.2, 0.25) is 0 Å². The molecule has 0 aromatic carbocycles. The number of rotatable bonds is 1. The van der Waals surface area contributed by atoms with Crippen LogP contribution in [-0.4, -0.2) is 58.2 Å². The molecule has 1 aliphatic heterocycles. The Morgan fingerprint density at radius 2 is 2.00 bits per heavy atom. The Morgan fingerprint density at radius 1 is 1.40 bits per heavy atom. The van der Waals surface area contributed by atoms with Crippen molar-refractivity contribution in [2.75, 3.05) is 6.61 Å². The lowest BCUT2D eigenvalue weighted by Crippen LogP contribution is -2.53. The van der Waals surface area contributed by atoms with Gasteiger partial charge in [-0.2, -0.15) is 0 Å². The number of carbonyl (C=O) groups excluding carboxylic acids is 2. The van der Waals surface area contributed by atoms with Gasteiger partial charge in [0.15, 0.2) is 6.04 Å². The molecule has 86 valence electrons. The van der Waals surface area contributed by atoms with Gasteiger partial charge in [-0.3, -0.25) is 4.79 Å². The van der Waals surface area contributed by atoms with Crippen molar-refractivity contribution < 1.29 is 29.6 Å². The van der Waals surface area contributed by atoms with E-state index in [1.54, 1.807) is 0 Å². The number of nitrogens with one attached hydrogen (secondary N) is 1. The molecule has 1 aliphatic rings. The van der Waals surface area contributed by atoms with Crippen molar-refractivity contribution in [3.63, 3.8) is 0 Å². The fraction of sp³-hybridized carbons (Fsp3) is 0.750. The summed E-state index contributed by atoms with van der Waals surface area (Å²) in [6, 6.07) is -1.35. The van der Waals surface area contributed by atoms with Crippen LogP contribution >= 0.6 is 0 Å². The lowest BCUT2D eigenvalue weighted by molar-refractivity contribution is -0.150. The van der Waals surface area contributed by atoms with Crippen molar-refractivity contribution in [2.45, 2.75) is 31.3 Å². The van der Waals surface area contributed by atoms with Crippen LogP contribution in [0.25, 0.3) is 0 Å². The van der Waals surface area contributed by atoms with E-state index in [0.717, 1.165) is 6.92 Å². The van der Waals surface area contributed by atoms with Crippen molar-refractivity contribution in [3.8, 4) is 0 Å². The Hall–Kier alpha value is -1.18. The molecule has 1 amide bonds. The molecule has 7 nitrogen and oxygen atoms in total. The molecule has 4 atom stereocenters. The highest BCUT2D eigenvalue weighted by atomic mass is 16.5. The fourth-order valence-electron chi connectivity index (χ4n) is 1.28. The Balaban J connectivity index is 2.81. The van der Waals surface area contributed by atoms with Gasteiger partial charge in [0.05, 0.1) is 0 Å². The second kappa shape index (κ2) is 4.56. The van der Waals surface area contributed by atoms with E-state index >= 15 is 0 Å². The van der Waals surface area contributed by atoms with E-state index in [1.807, 2.05) is 0 Å². The summed E-state index contributed by atoms with van der Waals surface area (Å²) in [5.74, 6) is -1.42. The summed E-state index contributed by atoms with van der Waals surface area (Å²) in [6.07, 6.45) is -4.48. The largest absolute Gasteiger partial charge is 0.461 e. The summed E-state index contributed by atoms with van der Waals surface area (Å²) in [6.45, 7) is 0.751. The molecule has 4 N–H and O–H groups in total. The van der Waals surface area contributed by atoms with Gasteiger partial charge in [0.25, 0.3) is 0 Å². The topological polar surface area (TPSA) is 116 Å². The summed E-state index contributed by atoms with van der Waals surface area (Å²) in [7, 11) is 0. The number of aliphatic hydroxyl groups is 3. The van der Waals surface area contributed by atoms with Crippen LogP contribution in [0.15, 0.2) is 0 Å². The van der Waals surface area contributed by atoms with Gasteiger partial charge < -0.3 is 25.4 Å². The lowest BCUT2D eigenvalue weighted by atomic mass is 10.0. The van der Waals surface area contributed by atoms with Crippen molar-refractivity contribution in [3.05, 3.63) is 0 Å². The number of esters is 1. The molecular weight excluding hydrogens is 206 g/mol. The molecular formula is C8H13NO6. The Bertz CT molecular complexity index is 268. The number of ether oxygens (including phenoxy) is 1. The highest BCUT2D eigenvalue weighted by Crippen LogP contribution is 2.12. The second-order valence-electron chi connectivity index (χ2n) is 3.36. The number of cyclic esters (lactones) is 1. The minimum Gasteiger partial charge on any atom is -0.461 e. The zero-order valence-electron chi connectivity index (χ0n) is 8.08. The van der Waals surface area contributed by atoms with Crippen molar-refractivity contribution in [2.24, 2.45) is 0 Å². The zero-order valence-corrected chi connectivity index (χ0v) is 8.08. The third kappa shape index (κ3) is 2.65. The molecule has 0 unspecified atom stereocenters. The summed E-state index contributed by atoms with van der Waals surface area (Å²) >= 11 is 0. The number of amides is 1. The van der Waals surface area contributed by atoms with Gasteiger partial charge >= 0.3 is 5.97 Å². The molecule has 0 aromatic heterocycles. The summed E-state index contributed by atoms with van der Waals surface area (Å²) in [5.41, 5.74) is 0. The normalized spacial score (nSPS) is 36.7. The first kappa shape index (κ1) is 11.9. The van der Waals surface area contributed by atoms with Gasteiger partial charge in [0.2, 0.25) is 5.91 Å². The van der Waals surface area contributed by atoms with E-state index < -0.39 is 42.8 Å². The molecule has 0 aliphatic carbocycles. The standard InChI is InChI=1S/C8H13NO6/c1-3(10)9-5-7(13)6(12)4(11)2-15-8(5)14/h4-7,11-13H,2H2,1H3,(H,9,10)/t4-,5+,6-,7-/m1/s1. The van der Waals surface area contributed by atoms with E-state index in [9.17, 15) is 24.9 Å². The van der Waals surface area contributed by atoms with Crippen LogP contribution in [0.1, 0.15) is 6.92 Å². The number of aliphatic hydroxyl groups excluding tert-OH is 3. The van der Waals surface area contributed by atoms with Crippen LogP contribution in [-0.2, 0) is 14.3 Å². The molecule has 15 heavy (non-hydrogen) atoms. The van der Waals surface area contributed by atoms with Crippen LogP contribution in [0.5, 0.6) is 0 Å². The Labute approximate surface area is 85.7 Å². The quantitative estimate of drug-likeness (QED) is 0.352. The minimum atomic E-state index is -1.58. The van der Waals surface area contributed by atoms with E-state index in [1.165, 1.54) is 0 Å². The third-order valence-corrected chi connectivity index (χ3v) is 2.09. The number of carbonyl (C=O) groups is 2. The average molecular weight is 219 g/mol. The minimum absolute atomic E-state index is 0.410. The Morgan fingerprint density at radius 3 is 2.53 bits per heavy atom. The molecule has 1 heterocycles. The maximum atomic E-state index is 11.2. The van der Waals surface area contributed by atoms with Crippen molar-refractivity contribution in [1.29, 1.82) is 0 Å². The van der Waals surface area contributed by atoms with E-state index in [0.29, 0.717) is 0 Å². The maximum Gasteiger partial charge on any atom is 0.331 e. The number of hydrogen-bond donors (Lipinski definition) is 4. The van der Waals surface area contributed by atoms with Crippen LogP contribution in [0.4, 0.5) is 0 Å². The van der Waals surface area contributed by atoms with Crippen LogP contribution < -0.4 is 5.32 Å². The second-order valence-corrected chi connectivity index (χ2v) is 3.36. The van der Waals surface area contributed by atoms with Crippen LogP contribution in [0, 0.1) is 0 Å². The molecule has 0 aromatic rings. The predicted molar refractivity (Wildman–Crippen MR) is 46.6 cm³/mol. The van der Waals surface area contributed by atoms with Crippen molar-refractivity contribution in [1.82, 2.24) is 5.32 Å². The molecule has 1 rings (SSSR count). The predicted octanol–water partition coefficient (Wildman–Crippen LogP) is -2.87. The highest BCUT2D eigenvalue weighted by molar-refractivity contribution is 5.84. The Kier molecular flexibility index (Phi) is 3.61. The average Bonchev–Trinajstić information content (AvgIpc) is 2.25. The van der Waals surface area contributed by atoms with E-state index in [-0.39, 0.29) is 0 Å². The smallest absolute Gasteiger partial charge is 0.331 e. The van der Waals surface area contributed by atoms with Gasteiger partial charge in [-0.15, -0.1) is 0 Å². The first-order chi connectivity index (χ1) is 6.93. The lowest BCUT2D eigenvalue weighted by Gasteiger charge is -2.22. The molecule has 7 heteroatoms. The molecule has 0 bridgehead atoms. The molecule has 0 saturated carbocycles. The summed E-state index contributed by atoms with van der Waals surface area (Å²) in [4.78, 5) is 22.0. The first-order valence-electron chi connectivity index (χ1n) is 4.41. The van der Waals surface area contributed by atoms with E-state index in [2.05, 4.69) is 10.1 Å². The monoisotopic (exact) mass is 219 g/mol. The molecule has 0 spiro atoms. The molecule has 0 radical (unpaired) electrons. The van der Waals surface area contributed by atoms with Gasteiger partial charge in [0.1, 0.15) is 24.9 Å². The fourth-order valence-corrected chi connectivity index (χ4v) is 1.28. The van der Waals surface area contributed by atoms with Gasteiger partial charge in [-0.25, -0.2) is 4.79 Å². The zero-order chi connectivity index (χ0) is 11.6. The third-order valence-electron chi connectivity index (χ3n) is 2.09.